The normalized spacial score (nSPS) is 20.9. The van der Waals surface area contributed by atoms with Gasteiger partial charge in [-0.05, 0) is 12.8 Å². The van der Waals surface area contributed by atoms with Crippen molar-refractivity contribution < 1.29 is 19.7 Å². The summed E-state index contributed by atoms with van der Waals surface area (Å²) < 4.78 is 5.44. The molecule has 0 spiro atoms. The Morgan fingerprint density at radius 1 is 1.23 bits per heavy atom. The van der Waals surface area contributed by atoms with Crippen LogP contribution in [0.2, 0.25) is 0 Å². The molecule has 2 aliphatic heterocycles. The van der Waals surface area contributed by atoms with E-state index in [4.69, 9.17) is 15.7 Å². The second-order valence-electron chi connectivity index (χ2n) is 6.25. The first-order chi connectivity index (χ1) is 12.5. The van der Waals surface area contributed by atoms with Gasteiger partial charge in [0, 0.05) is 44.9 Å². The molecule has 1 aromatic carbocycles. The molecule has 1 amide bonds. The highest BCUT2D eigenvalue weighted by molar-refractivity contribution is 5.84. The van der Waals surface area contributed by atoms with Gasteiger partial charge in [0.05, 0.1) is 11.3 Å². The van der Waals surface area contributed by atoms with Crippen molar-refractivity contribution in [3.05, 3.63) is 17.7 Å². The smallest absolute Gasteiger partial charge is 0.251 e. The van der Waals surface area contributed by atoms with Crippen LogP contribution in [0.1, 0.15) is 18.4 Å². The molecule has 2 saturated heterocycles. The van der Waals surface area contributed by atoms with Crippen molar-refractivity contribution in [2.24, 2.45) is 10.7 Å². The van der Waals surface area contributed by atoms with Crippen LogP contribution in [-0.2, 0) is 9.53 Å². The fourth-order valence-electron chi connectivity index (χ4n) is 3.07. The Hall–Kier alpha value is -2.99. The summed E-state index contributed by atoms with van der Waals surface area (Å²) in [4.78, 5) is 20.1. The molecule has 0 saturated carbocycles. The number of phenolic OH excluding ortho intramolecular Hbond substituents is 2. The average molecular weight is 359 g/mol. The molecular weight excluding hydrogens is 338 g/mol. The maximum absolute atomic E-state index is 12.4. The topological polar surface area (TPSA) is 135 Å². The fraction of sp³-hybridized carbons (Fsp3) is 0.471. The Morgan fingerprint density at radius 2 is 1.88 bits per heavy atom. The van der Waals surface area contributed by atoms with Crippen molar-refractivity contribution in [3.8, 4) is 17.6 Å². The van der Waals surface area contributed by atoms with Crippen LogP contribution >= 0.6 is 0 Å². The van der Waals surface area contributed by atoms with E-state index in [1.54, 1.807) is 4.90 Å². The SMILES string of the molecule is N#Cc1cc(O)c(O)cc1N=C(N)N1CCN(C(=O)C2CCCO2)CC1. The standard InChI is InChI=1S/C17H21N5O4/c18-10-11-8-13(23)14(24)9-12(11)20-17(19)22-5-3-21(4-6-22)16(25)15-2-1-7-26-15/h8-9,15,23-24H,1-7H2,(H2,19,20). The van der Waals surface area contributed by atoms with Gasteiger partial charge in [-0.2, -0.15) is 5.26 Å². The van der Waals surface area contributed by atoms with E-state index in [1.807, 2.05) is 11.0 Å². The number of aliphatic imine (C=N–C) groups is 1. The molecule has 4 N–H and O–H groups in total. The van der Waals surface area contributed by atoms with Gasteiger partial charge in [-0.3, -0.25) is 4.79 Å². The Morgan fingerprint density at radius 3 is 2.50 bits per heavy atom. The summed E-state index contributed by atoms with van der Waals surface area (Å²) in [5.41, 5.74) is 6.32. The number of amides is 1. The number of nitrogens with zero attached hydrogens (tertiary/aromatic N) is 4. The Bertz CT molecular complexity index is 759. The van der Waals surface area contributed by atoms with Crippen molar-refractivity contribution in [1.82, 2.24) is 9.80 Å². The molecular formula is C17H21N5O4. The van der Waals surface area contributed by atoms with Crippen molar-refractivity contribution in [2.75, 3.05) is 32.8 Å². The molecule has 26 heavy (non-hydrogen) atoms. The van der Waals surface area contributed by atoms with Crippen molar-refractivity contribution >= 4 is 17.6 Å². The van der Waals surface area contributed by atoms with Gasteiger partial charge in [0.25, 0.3) is 5.91 Å². The van der Waals surface area contributed by atoms with Crippen LogP contribution in [0.25, 0.3) is 0 Å². The molecule has 2 heterocycles. The highest BCUT2D eigenvalue weighted by Crippen LogP contribution is 2.32. The third-order valence-corrected chi connectivity index (χ3v) is 4.57. The quantitative estimate of drug-likeness (QED) is 0.391. The summed E-state index contributed by atoms with van der Waals surface area (Å²) in [6.45, 7) is 2.69. The lowest BCUT2D eigenvalue weighted by Crippen LogP contribution is -2.54. The maximum Gasteiger partial charge on any atom is 0.251 e. The van der Waals surface area contributed by atoms with Crippen molar-refractivity contribution in [3.63, 3.8) is 0 Å². The predicted molar refractivity (Wildman–Crippen MR) is 92.9 cm³/mol. The summed E-state index contributed by atoms with van der Waals surface area (Å²) in [7, 11) is 0. The number of carbonyl (C=O) groups is 1. The second-order valence-corrected chi connectivity index (χ2v) is 6.25. The highest BCUT2D eigenvalue weighted by atomic mass is 16.5. The monoisotopic (exact) mass is 359 g/mol. The number of piperazine rings is 1. The van der Waals surface area contributed by atoms with E-state index in [9.17, 15) is 15.0 Å². The number of guanidine groups is 1. The minimum Gasteiger partial charge on any atom is -0.504 e. The van der Waals surface area contributed by atoms with Crippen molar-refractivity contribution in [2.45, 2.75) is 18.9 Å². The van der Waals surface area contributed by atoms with E-state index in [0.717, 1.165) is 18.9 Å². The minimum absolute atomic E-state index is 0.0212. The Balaban J connectivity index is 1.66. The zero-order chi connectivity index (χ0) is 18.7. The molecule has 0 bridgehead atoms. The van der Waals surface area contributed by atoms with E-state index in [0.29, 0.717) is 32.8 Å². The van der Waals surface area contributed by atoms with E-state index in [-0.39, 0.29) is 40.7 Å². The fourth-order valence-corrected chi connectivity index (χ4v) is 3.07. The molecule has 9 heteroatoms. The van der Waals surface area contributed by atoms with Crippen LogP contribution < -0.4 is 5.73 Å². The number of carbonyl (C=O) groups excluding carboxylic acids is 1. The summed E-state index contributed by atoms with van der Waals surface area (Å²) in [6, 6.07) is 4.24. The third kappa shape index (κ3) is 3.65. The Labute approximate surface area is 150 Å². The van der Waals surface area contributed by atoms with Gasteiger partial charge in [-0.25, -0.2) is 4.99 Å². The van der Waals surface area contributed by atoms with Crippen LogP contribution in [0, 0.1) is 11.3 Å². The van der Waals surface area contributed by atoms with Gasteiger partial charge < -0.3 is 30.5 Å². The molecule has 1 unspecified atom stereocenters. The first-order valence-electron chi connectivity index (χ1n) is 8.45. The number of hydrogen-bond donors (Lipinski definition) is 3. The number of nitriles is 1. The lowest BCUT2D eigenvalue weighted by molar-refractivity contribution is -0.142. The zero-order valence-electron chi connectivity index (χ0n) is 14.3. The number of benzene rings is 1. The molecule has 3 rings (SSSR count). The molecule has 9 nitrogen and oxygen atoms in total. The lowest BCUT2D eigenvalue weighted by Gasteiger charge is -2.36. The van der Waals surface area contributed by atoms with E-state index >= 15 is 0 Å². The summed E-state index contributed by atoms with van der Waals surface area (Å²) in [5.74, 6) is -0.549. The predicted octanol–water partition coefficient (Wildman–Crippen LogP) is 0.239. The molecule has 1 atom stereocenters. The molecule has 138 valence electrons. The molecule has 2 fully saturated rings. The summed E-state index contributed by atoms with van der Waals surface area (Å²) in [6.07, 6.45) is 1.35. The third-order valence-electron chi connectivity index (χ3n) is 4.57. The van der Waals surface area contributed by atoms with Gasteiger partial charge in [0.15, 0.2) is 17.5 Å². The first kappa shape index (κ1) is 17.8. The van der Waals surface area contributed by atoms with E-state index in [1.165, 1.54) is 6.07 Å². The van der Waals surface area contributed by atoms with Crippen LogP contribution in [-0.4, -0.2) is 70.8 Å². The number of hydrogen-bond acceptors (Lipinski definition) is 6. The maximum atomic E-state index is 12.4. The molecule has 0 radical (unpaired) electrons. The van der Waals surface area contributed by atoms with Crippen molar-refractivity contribution in [1.29, 1.82) is 5.26 Å². The lowest BCUT2D eigenvalue weighted by atomic mass is 10.1. The average Bonchev–Trinajstić information content (AvgIpc) is 3.18. The molecule has 0 aromatic heterocycles. The summed E-state index contributed by atoms with van der Waals surface area (Å²) in [5, 5.41) is 28.2. The highest BCUT2D eigenvalue weighted by Gasteiger charge is 2.30. The van der Waals surface area contributed by atoms with E-state index in [2.05, 4.69) is 4.99 Å². The summed E-state index contributed by atoms with van der Waals surface area (Å²) >= 11 is 0. The number of rotatable bonds is 2. The van der Waals surface area contributed by atoms with Gasteiger partial charge in [0.2, 0.25) is 0 Å². The largest absolute Gasteiger partial charge is 0.504 e. The van der Waals surface area contributed by atoms with Gasteiger partial charge in [-0.15, -0.1) is 0 Å². The van der Waals surface area contributed by atoms with Crippen LogP contribution in [0.5, 0.6) is 11.5 Å². The molecule has 0 aliphatic carbocycles. The van der Waals surface area contributed by atoms with Crippen LogP contribution in [0.3, 0.4) is 0 Å². The van der Waals surface area contributed by atoms with Gasteiger partial charge in [0.1, 0.15) is 12.2 Å². The van der Waals surface area contributed by atoms with E-state index < -0.39 is 0 Å². The van der Waals surface area contributed by atoms with Gasteiger partial charge >= 0.3 is 0 Å². The molecule has 1 aromatic rings. The van der Waals surface area contributed by atoms with Crippen LogP contribution in [0.4, 0.5) is 5.69 Å². The number of ether oxygens (including phenoxy) is 1. The number of nitrogens with two attached hydrogens (primary N) is 1. The Kier molecular flexibility index (Phi) is 5.14. The number of phenols is 2. The molecule has 2 aliphatic rings. The second kappa shape index (κ2) is 7.49. The minimum atomic E-state index is -0.389. The first-order valence-corrected chi connectivity index (χ1v) is 8.45. The van der Waals surface area contributed by atoms with Gasteiger partial charge in [-0.1, -0.05) is 0 Å². The van der Waals surface area contributed by atoms with Crippen LogP contribution in [0.15, 0.2) is 17.1 Å². The number of aromatic hydroxyl groups is 2. The zero-order valence-corrected chi connectivity index (χ0v) is 14.3.